The van der Waals surface area contributed by atoms with Crippen LogP contribution in [0.25, 0.3) is 0 Å². The van der Waals surface area contributed by atoms with Crippen molar-refractivity contribution in [3.8, 4) is 5.75 Å². The number of nitrogens with one attached hydrogen (secondary N) is 1. The minimum Gasteiger partial charge on any atom is -0.493 e. The van der Waals surface area contributed by atoms with Crippen molar-refractivity contribution in [3.05, 3.63) is 64.7 Å². The van der Waals surface area contributed by atoms with Crippen molar-refractivity contribution < 1.29 is 14.3 Å². The molecule has 5 rings (SSSR count). The zero-order valence-corrected chi connectivity index (χ0v) is 18.8. The molecule has 2 fully saturated rings. The van der Waals surface area contributed by atoms with Gasteiger partial charge in [0.05, 0.1) is 6.61 Å². The minimum atomic E-state index is -1.07. The first kappa shape index (κ1) is 21.3. The molecule has 0 bridgehead atoms. The lowest BCUT2D eigenvalue weighted by Crippen LogP contribution is -2.47. The molecule has 7 heteroatoms. The van der Waals surface area contributed by atoms with Gasteiger partial charge >= 0.3 is 6.03 Å². The third kappa shape index (κ3) is 3.86. The molecule has 1 unspecified atom stereocenters. The van der Waals surface area contributed by atoms with Crippen LogP contribution in [-0.4, -0.2) is 54.5 Å². The number of hydrogen-bond acceptors (Lipinski definition) is 4. The highest BCUT2D eigenvalue weighted by atomic mass is 35.5. The van der Waals surface area contributed by atoms with Gasteiger partial charge in [-0.2, -0.15) is 0 Å². The summed E-state index contributed by atoms with van der Waals surface area (Å²) in [7, 11) is 0. The molecule has 3 heterocycles. The molecule has 1 spiro atoms. The van der Waals surface area contributed by atoms with Gasteiger partial charge in [0.2, 0.25) is 0 Å². The number of hydrogen-bond donors (Lipinski definition) is 1. The van der Waals surface area contributed by atoms with Gasteiger partial charge in [-0.25, -0.2) is 4.79 Å². The molecule has 3 amide bonds. The number of benzene rings is 2. The van der Waals surface area contributed by atoms with Crippen molar-refractivity contribution in [2.24, 2.45) is 0 Å². The van der Waals surface area contributed by atoms with E-state index in [1.54, 1.807) is 18.2 Å². The Morgan fingerprint density at radius 1 is 1.06 bits per heavy atom. The number of rotatable bonds is 5. The lowest BCUT2D eigenvalue weighted by atomic mass is 9.84. The van der Waals surface area contributed by atoms with Crippen LogP contribution in [-0.2, 0) is 10.3 Å². The number of carbonyl (C=O) groups is 2. The predicted molar refractivity (Wildman–Crippen MR) is 123 cm³/mol. The molecule has 6 nitrogen and oxygen atoms in total. The van der Waals surface area contributed by atoms with E-state index in [1.807, 2.05) is 0 Å². The minimum absolute atomic E-state index is 0.197. The van der Waals surface area contributed by atoms with E-state index in [9.17, 15) is 9.59 Å². The summed E-state index contributed by atoms with van der Waals surface area (Å²) in [6.45, 7) is 3.78. The number of piperidine rings is 1. The first-order valence-corrected chi connectivity index (χ1v) is 11.8. The Morgan fingerprint density at radius 2 is 1.84 bits per heavy atom. The van der Waals surface area contributed by atoms with Crippen LogP contribution in [0.4, 0.5) is 4.79 Å². The summed E-state index contributed by atoms with van der Waals surface area (Å²) in [5, 5.41) is 3.47. The number of likely N-dealkylation sites (tertiary alicyclic amines) is 1. The normalized spacial score (nSPS) is 23.8. The monoisotopic (exact) mass is 453 g/mol. The number of imide groups is 1. The third-order valence-corrected chi connectivity index (χ3v) is 7.26. The molecule has 32 heavy (non-hydrogen) atoms. The van der Waals surface area contributed by atoms with Crippen molar-refractivity contribution in [2.75, 3.05) is 32.8 Å². The fourth-order valence-corrected chi connectivity index (χ4v) is 5.43. The second-order valence-electron chi connectivity index (χ2n) is 8.91. The van der Waals surface area contributed by atoms with Gasteiger partial charge in [-0.1, -0.05) is 41.9 Å². The summed E-state index contributed by atoms with van der Waals surface area (Å²) >= 11 is 6.18. The quantitative estimate of drug-likeness (QED) is 0.691. The maximum atomic E-state index is 13.4. The number of halogens is 1. The summed E-state index contributed by atoms with van der Waals surface area (Å²) in [6.07, 6.45) is 3.47. The van der Waals surface area contributed by atoms with E-state index in [0.717, 1.165) is 38.9 Å². The predicted octanol–water partition coefficient (Wildman–Crippen LogP) is 4.14. The third-order valence-electron chi connectivity index (χ3n) is 7.03. The van der Waals surface area contributed by atoms with Gasteiger partial charge in [0.15, 0.2) is 5.54 Å². The molecule has 1 atom stereocenters. The maximum Gasteiger partial charge on any atom is 0.325 e. The van der Waals surface area contributed by atoms with Gasteiger partial charge in [0.1, 0.15) is 5.75 Å². The van der Waals surface area contributed by atoms with Crippen LogP contribution >= 0.6 is 11.6 Å². The summed E-state index contributed by atoms with van der Waals surface area (Å²) in [5.74, 6) is 1.04. The van der Waals surface area contributed by atoms with Gasteiger partial charge in [-0.05, 0) is 68.6 Å². The molecule has 0 aromatic heterocycles. The van der Waals surface area contributed by atoms with Crippen LogP contribution in [0.15, 0.2) is 48.5 Å². The number of carbonyl (C=O) groups excluding carboxylic acids is 2. The molecular weight excluding hydrogens is 426 g/mol. The summed E-state index contributed by atoms with van der Waals surface area (Å²) < 4.78 is 5.70. The topological polar surface area (TPSA) is 61.9 Å². The van der Waals surface area contributed by atoms with E-state index in [-0.39, 0.29) is 11.9 Å². The molecule has 2 aromatic carbocycles. The van der Waals surface area contributed by atoms with E-state index in [4.69, 9.17) is 16.3 Å². The van der Waals surface area contributed by atoms with Crippen LogP contribution in [0.5, 0.6) is 5.75 Å². The van der Waals surface area contributed by atoms with Crippen molar-refractivity contribution >= 4 is 23.5 Å². The van der Waals surface area contributed by atoms with Crippen molar-refractivity contribution in [1.29, 1.82) is 0 Å². The number of urea groups is 1. The first-order chi connectivity index (χ1) is 15.6. The van der Waals surface area contributed by atoms with E-state index in [1.165, 1.54) is 10.5 Å². The van der Waals surface area contributed by atoms with E-state index in [0.29, 0.717) is 41.8 Å². The fraction of sp³-hybridized carbons (Fsp3) is 0.440. The number of ether oxygens (including phenoxy) is 1. The lowest BCUT2D eigenvalue weighted by Gasteiger charge is -2.33. The van der Waals surface area contributed by atoms with Crippen LogP contribution in [0.2, 0.25) is 5.02 Å². The Morgan fingerprint density at radius 3 is 2.62 bits per heavy atom. The highest BCUT2D eigenvalue weighted by Crippen LogP contribution is 2.42. The van der Waals surface area contributed by atoms with Gasteiger partial charge < -0.3 is 15.0 Å². The molecule has 0 radical (unpaired) electrons. The fourth-order valence-electron chi connectivity index (χ4n) is 5.26. The molecule has 3 aliphatic rings. The van der Waals surface area contributed by atoms with E-state index < -0.39 is 5.54 Å². The molecule has 1 N–H and O–H groups in total. The van der Waals surface area contributed by atoms with Crippen LogP contribution in [0.1, 0.15) is 42.7 Å². The molecule has 168 valence electrons. The summed E-state index contributed by atoms with van der Waals surface area (Å²) in [6, 6.07) is 15.6. The largest absolute Gasteiger partial charge is 0.493 e. The van der Waals surface area contributed by atoms with Crippen LogP contribution in [0.3, 0.4) is 0 Å². The molecule has 0 aliphatic carbocycles. The average Bonchev–Trinajstić information content (AvgIpc) is 3.05. The number of amides is 3. The summed E-state index contributed by atoms with van der Waals surface area (Å²) in [4.78, 5) is 29.9. The Kier molecular flexibility index (Phi) is 5.82. The number of nitrogens with zero attached hydrogens (tertiary/aromatic N) is 2. The van der Waals surface area contributed by atoms with Crippen molar-refractivity contribution in [2.45, 2.75) is 37.1 Å². The molecule has 0 saturated carbocycles. The molecule has 3 aliphatic heterocycles. The smallest absolute Gasteiger partial charge is 0.325 e. The highest BCUT2D eigenvalue weighted by molar-refractivity contribution is 6.30. The standard InChI is InChI=1S/C25H28ClN3O3/c26-20-7-8-22-21(17-20)25(11-16-32-22)23(30)29(24(31)27-25)13-4-12-28-14-9-19(10-15-28)18-5-2-1-3-6-18/h1-3,5-8,17,19H,4,9-16H2,(H,27,31). The Balaban J connectivity index is 1.18. The Hall–Kier alpha value is -2.57. The Bertz CT molecular complexity index is 1010. The summed E-state index contributed by atoms with van der Waals surface area (Å²) in [5.41, 5.74) is 1.01. The molecule has 2 saturated heterocycles. The Labute approximate surface area is 193 Å². The SMILES string of the molecule is O=C1NC2(CCOc3ccc(Cl)cc32)C(=O)N1CCCN1CCC(c2ccccc2)CC1. The molecular formula is C25H28ClN3O3. The van der Waals surface area contributed by atoms with Gasteiger partial charge in [-0.3, -0.25) is 9.69 Å². The second kappa shape index (κ2) is 8.75. The first-order valence-electron chi connectivity index (χ1n) is 11.4. The van der Waals surface area contributed by atoms with Crippen LogP contribution in [0, 0.1) is 0 Å². The number of fused-ring (bicyclic) bond motifs is 2. The zero-order chi connectivity index (χ0) is 22.1. The van der Waals surface area contributed by atoms with Gasteiger partial charge in [0, 0.05) is 23.6 Å². The van der Waals surface area contributed by atoms with Gasteiger partial charge in [0.25, 0.3) is 5.91 Å². The van der Waals surface area contributed by atoms with Crippen LogP contribution < -0.4 is 10.1 Å². The zero-order valence-electron chi connectivity index (χ0n) is 18.1. The molecule has 2 aromatic rings. The maximum absolute atomic E-state index is 13.4. The second-order valence-corrected chi connectivity index (χ2v) is 9.35. The van der Waals surface area contributed by atoms with Crippen molar-refractivity contribution in [3.63, 3.8) is 0 Å². The van der Waals surface area contributed by atoms with Gasteiger partial charge in [-0.15, -0.1) is 0 Å². The lowest BCUT2D eigenvalue weighted by molar-refractivity contribution is -0.132. The highest BCUT2D eigenvalue weighted by Gasteiger charge is 2.54. The van der Waals surface area contributed by atoms with Crippen molar-refractivity contribution in [1.82, 2.24) is 15.1 Å². The van der Waals surface area contributed by atoms with E-state index >= 15 is 0 Å². The van der Waals surface area contributed by atoms with E-state index in [2.05, 4.69) is 40.5 Å². The average molecular weight is 454 g/mol.